The number of carbonyl (C=O) groups excluding carboxylic acids is 2. The fraction of sp³-hybridized carbons (Fsp3) is 0.500. The molecule has 2 aliphatic rings. The van der Waals surface area contributed by atoms with Gasteiger partial charge in [-0.3, -0.25) is 0 Å². The Morgan fingerprint density at radius 1 is 0.750 bits per heavy atom. The maximum Gasteiger partial charge on any atom is 0.321 e. The fourth-order valence-electron chi connectivity index (χ4n) is 2.62. The largest absolute Gasteiger partial charge is 0.323 e. The third-order valence-electron chi connectivity index (χ3n) is 4.01. The van der Waals surface area contributed by atoms with Gasteiger partial charge in [0.05, 0.1) is 11.4 Å². The number of urea groups is 2. The molecule has 2 saturated heterocycles. The first-order valence-electron chi connectivity index (χ1n) is 8.10. The van der Waals surface area contributed by atoms with Crippen molar-refractivity contribution in [2.75, 3.05) is 59.8 Å². The van der Waals surface area contributed by atoms with Crippen molar-refractivity contribution in [2.45, 2.75) is 0 Å². The van der Waals surface area contributed by atoms with Crippen molar-refractivity contribution >= 4 is 47.0 Å². The van der Waals surface area contributed by atoms with Crippen LogP contribution in [0.4, 0.5) is 21.0 Å². The van der Waals surface area contributed by atoms with Crippen molar-refractivity contribution in [1.82, 2.24) is 9.80 Å². The molecule has 0 spiro atoms. The predicted octanol–water partition coefficient (Wildman–Crippen LogP) is 2.85. The van der Waals surface area contributed by atoms with Crippen molar-refractivity contribution < 1.29 is 9.59 Å². The number of hydrogen-bond acceptors (Lipinski definition) is 4. The molecular formula is C16H22N4O2S2. The van der Waals surface area contributed by atoms with Crippen LogP contribution in [0.2, 0.25) is 0 Å². The molecule has 0 aromatic heterocycles. The molecule has 4 amide bonds. The lowest BCUT2D eigenvalue weighted by atomic mass is 10.2. The van der Waals surface area contributed by atoms with Gasteiger partial charge in [0, 0.05) is 49.2 Å². The van der Waals surface area contributed by atoms with E-state index in [1.54, 1.807) is 0 Å². The average Bonchev–Trinajstić information content (AvgIpc) is 2.64. The lowest BCUT2D eigenvalue weighted by Crippen LogP contribution is -2.41. The minimum absolute atomic E-state index is 0.105. The Bertz CT molecular complexity index is 536. The summed E-state index contributed by atoms with van der Waals surface area (Å²) in [6.45, 7) is 3.04. The van der Waals surface area contributed by atoms with Crippen LogP contribution in [0.1, 0.15) is 0 Å². The molecule has 1 aromatic carbocycles. The van der Waals surface area contributed by atoms with E-state index in [1.807, 2.05) is 57.6 Å². The molecule has 0 bridgehead atoms. The summed E-state index contributed by atoms with van der Waals surface area (Å²) in [5.74, 6) is 3.88. The molecule has 2 N–H and O–H groups in total. The summed E-state index contributed by atoms with van der Waals surface area (Å²) >= 11 is 3.73. The molecule has 2 heterocycles. The smallest absolute Gasteiger partial charge is 0.321 e. The topological polar surface area (TPSA) is 64.7 Å². The van der Waals surface area contributed by atoms with E-state index in [9.17, 15) is 9.59 Å². The van der Waals surface area contributed by atoms with Crippen LogP contribution in [0.25, 0.3) is 0 Å². The van der Waals surface area contributed by atoms with Gasteiger partial charge in [-0.1, -0.05) is 12.1 Å². The number of para-hydroxylation sites is 2. The minimum atomic E-state index is -0.105. The zero-order valence-electron chi connectivity index (χ0n) is 13.5. The van der Waals surface area contributed by atoms with E-state index in [0.717, 1.165) is 49.2 Å². The summed E-state index contributed by atoms with van der Waals surface area (Å²) in [6, 6.07) is 7.14. The van der Waals surface area contributed by atoms with Crippen molar-refractivity contribution in [1.29, 1.82) is 0 Å². The number of carbonyl (C=O) groups is 2. The van der Waals surface area contributed by atoms with E-state index in [1.165, 1.54) is 0 Å². The number of thioether (sulfide) groups is 2. The van der Waals surface area contributed by atoms with E-state index in [-0.39, 0.29) is 12.1 Å². The van der Waals surface area contributed by atoms with Crippen molar-refractivity contribution in [3.63, 3.8) is 0 Å². The van der Waals surface area contributed by atoms with Gasteiger partial charge in [-0.15, -0.1) is 0 Å². The van der Waals surface area contributed by atoms with Gasteiger partial charge in [0.15, 0.2) is 0 Å². The normalized spacial score (nSPS) is 18.2. The van der Waals surface area contributed by atoms with Crippen LogP contribution in [0.15, 0.2) is 24.3 Å². The van der Waals surface area contributed by atoms with Gasteiger partial charge < -0.3 is 20.4 Å². The van der Waals surface area contributed by atoms with E-state index >= 15 is 0 Å². The summed E-state index contributed by atoms with van der Waals surface area (Å²) in [4.78, 5) is 28.4. The summed E-state index contributed by atoms with van der Waals surface area (Å²) in [5, 5.41) is 5.86. The number of benzene rings is 1. The van der Waals surface area contributed by atoms with Crippen LogP contribution in [0, 0.1) is 0 Å². The highest BCUT2D eigenvalue weighted by molar-refractivity contribution is 7.99. The molecule has 0 saturated carbocycles. The molecule has 8 heteroatoms. The number of hydrogen-bond donors (Lipinski definition) is 2. The molecule has 24 heavy (non-hydrogen) atoms. The van der Waals surface area contributed by atoms with Gasteiger partial charge >= 0.3 is 12.1 Å². The third-order valence-corrected chi connectivity index (χ3v) is 5.89. The van der Waals surface area contributed by atoms with Gasteiger partial charge in [0.25, 0.3) is 0 Å². The minimum Gasteiger partial charge on any atom is -0.323 e. The molecule has 130 valence electrons. The standard InChI is InChI=1S/C16H22N4O2S2/c21-15(19-5-9-23-10-6-19)17-13-3-1-2-4-14(13)18-16(22)20-7-11-24-12-8-20/h1-4H,5-12H2,(H,17,21)(H,18,22). The molecule has 0 radical (unpaired) electrons. The molecule has 2 aliphatic heterocycles. The van der Waals surface area contributed by atoms with E-state index in [0.29, 0.717) is 11.4 Å². The second-order valence-electron chi connectivity index (χ2n) is 5.60. The van der Waals surface area contributed by atoms with Crippen LogP contribution in [-0.4, -0.2) is 71.1 Å². The van der Waals surface area contributed by atoms with Gasteiger partial charge in [-0.2, -0.15) is 23.5 Å². The van der Waals surface area contributed by atoms with E-state index in [2.05, 4.69) is 10.6 Å². The molecular weight excluding hydrogens is 344 g/mol. The Labute approximate surface area is 150 Å². The third kappa shape index (κ3) is 4.51. The molecule has 3 rings (SSSR count). The second-order valence-corrected chi connectivity index (χ2v) is 8.05. The van der Waals surface area contributed by atoms with Crippen LogP contribution in [0.5, 0.6) is 0 Å². The Morgan fingerprint density at radius 3 is 1.50 bits per heavy atom. The van der Waals surface area contributed by atoms with Crippen molar-refractivity contribution in [2.24, 2.45) is 0 Å². The zero-order valence-corrected chi connectivity index (χ0v) is 15.1. The highest BCUT2D eigenvalue weighted by Crippen LogP contribution is 2.23. The van der Waals surface area contributed by atoms with Gasteiger partial charge in [0.1, 0.15) is 0 Å². The molecule has 1 aromatic rings. The number of amides is 4. The van der Waals surface area contributed by atoms with Crippen molar-refractivity contribution in [3.05, 3.63) is 24.3 Å². The SMILES string of the molecule is O=C(Nc1ccccc1NC(=O)N1CCSCC1)N1CCSCC1. The fourth-order valence-corrected chi connectivity index (χ4v) is 4.43. The maximum absolute atomic E-state index is 12.4. The number of anilines is 2. The first-order chi connectivity index (χ1) is 11.7. The van der Waals surface area contributed by atoms with Gasteiger partial charge in [-0.05, 0) is 12.1 Å². The molecule has 0 aliphatic carbocycles. The van der Waals surface area contributed by atoms with Crippen molar-refractivity contribution in [3.8, 4) is 0 Å². The van der Waals surface area contributed by atoms with Crippen LogP contribution in [0.3, 0.4) is 0 Å². The van der Waals surface area contributed by atoms with Crippen LogP contribution >= 0.6 is 23.5 Å². The highest BCUT2D eigenvalue weighted by atomic mass is 32.2. The first kappa shape index (κ1) is 17.3. The Kier molecular flexibility index (Phi) is 6.14. The number of rotatable bonds is 2. The monoisotopic (exact) mass is 366 g/mol. The Hall–Kier alpha value is -1.54. The molecule has 6 nitrogen and oxygen atoms in total. The highest BCUT2D eigenvalue weighted by Gasteiger charge is 2.20. The summed E-state index contributed by atoms with van der Waals surface area (Å²) in [6.07, 6.45) is 0. The lowest BCUT2D eigenvalue weighted by Gasteiger charge is -2.28. The van der Waals surface area contributed by atoms with E-state index in [4.69, 9.17) is 0 Å². The average molecular weight is 367 g/mol. The maximum atomic E-state index is 12.4. The number of nitrogens with one attached hydrogen (secondary N) is 2. The van der Waals surface area contributed by atoms with Gasteiger partial charge in [-0.25, -0.2) is 9.59 Å². The quantitative estimate of drug-likeness (QED) is 0.845. The predicted molar refractivity (Wildman–Crippen MR) is 102 cm³/mol. The summed E-state index contributed by atoms with van der Waals surface area (Å²) in [7, 11) is 0. The molecule has 0 unspecified atom stereocenters. The molecule has 2 fully saturated rings. The Morgan fingerprint density at radius 2 is 1.12 bits per heavy atom. The lowest BCUT2D eigenvalue weighted by molar-refractivity contribution is 0.215. The van der Waals surface area contributed by atoms with Crippen LogP contribution in [-0.2, 0) is 0 Å². The van der Waals surface area contributed by atoms with Crippen LogP contribution < -0.4 is 10.6 Å². The van der Waals surface area contributed by atoms with Gasteiger partial charge in [0.2, 0.25) is 0 Å². The second kappa shape index (κ2) is 8.53. The summed E-state index contributed by atoms with van der Waals surface area (Å²) < 4.78 is 0. The zero-order chi connectivity index (χ0) is 16.8. The Balaban J connectivity index is 1.63. The number of nitrogens with zero attached hydrogens (tertiary/aromatic N) is 2. The molecule has 0 atom stereocenters. The van der Waals surface area contributed by atoms with E-state index < -0.39 is 0 Å². The first-order valence-corrected chi connectivity index (χ1v) is 10.4. The summed E-state index contributed by atoms with van der Waals surface area (Å²) in [5.41, 5.74) is 1.28.